The van der Waals surface area contributed by atoms with Gasteiger partial charge in [-0.25, -0.2) is 9.97 Å². The highest BCUT2D eigenvalue weighted by molar-refractivity contribution is 9.10. The van der Waals surface area contributed by atoms with Crippen molar-refractivity contribution in [1.82, 2.24) is 9.97 Å². The van der Waals surface area contributed by atoms with Crippen LogP contribution in [0.5, 0.6) is 0 Å². The van der Waals surface area contributed by atoms with Gasteiger partial charge in [0, 0.05) is 6.61 Å². The van der Waals surface area contributed by atoms with Crippen LogP contribution in [0.15, 0.2) is 4.47 Å². The van der Waals surface area contributed by atoms with Gasteiger partial charge in [0.05, 0.1) is 10.2 Å². The van der Waals surface area contributed by atoms with Crippen LogP contribution >= 0.6 is 15.9 Å². The molecule has 0 bridgehead atoms. The smallest absolute Gasteiger partial charge is 0.156 e. The van der Waals surface area contributed by atoms with Gasteiger partial charge >= 0.3 is 0 Å². The van der Waals surface area contributed by atoms with Crippen molar-refractivity contribution in [2.75, 3.05) is 12.3 Å². The van der Waals surface area contributed by atoms with Crippen LogP contribution in [0, 0.1) is 5.92 Å². The average molecular weight is 302 g/mol. The van der Waals surface area contributed by atoms with E-state index in [1.54, 1.807) is 0 Å². The first kappa shape index (κ1) is 14.4. The SMILES string of the molecule is CCCOCc1nc(N)c(Br)c(CC(C)C)n1. The number of nitrogen functional groups attached to an aromatic ring is 1. The molecule has 0 aliphatic rings. The monoisotopic (exact) mass is 301 g/mol. The largest absolute Gasteiger partial charge is 0.383 e. The third-order valence-electron chi connectivity index (χ3n) is 2.17. The van der Waals surface area contributed by atoms with Crippen molar-refractivity contribution in [2.24, 2.45) is 5.92 Å². The van der Waals surface area contributed by atoms with Gasteiger partial charge in [-0.2, -0.15) is 0 Å². The highest BCUT2D eigenvalue weighted by atomic mass is 79.9. The highest BCUT2D eigenvalue weighted by Gasteiger charge is 2.11. The molecule has 1 aromatic rings. The van der Waals surface area contributed by atoms with E-state index in [1.165, 1.54) is 0 Å². The summed E-state index contributed by atoms with van der Waals surface area (Å²) in [5.41, 5.74) is 6.81. The van der Waals surface area contributed by atoms with Crippen molar-refractivity contribution in [3.05, 3.63) is 16.0 Å². The average Bonchev–Trinajstić information content (AvgIpc) is 2.25. The number of rotatable bonds is 6. The Balaban J connectivity index is 2.82. The molecule has 1 aromatic heterocycles. The summed E-state index contributed by atoms with van der Waals surface area (Å²) in [5.74, 6) is 1.69. The Morgan fingerprint density at radius 2 is 2.06 bits per heavy atom. The zero-order valence-corrected chi connectivity index (χ0v) is 12.2. The van der Waals surface area contributed by atoms with Crippen LogP contribution in [-0.4, -0.2) is 16.6 Å². The summed E-state index contributed by atoms with van der Waals surface area (Å²) in [6, 6.07) is 0. The summed E-state index contributed by atoms with van der Waals surface area (Å²) in [4.78, 5) is 8.69. The first-order chi connectivity index (χ1) is 8.04. The van der Waals surface area contributed by atoms with Gasteiger partial charge in [-0.3, -0.25) is 0 Å². The van der Waals surface area contributed by atoms with E-state index in [0.717, 1.165) is 29.6 Å². The van der Waals surface area contributed by atoms with Crippen LogP contribution in [0.1, 0.15) is 38.7 Å². The van der Waals surface area contributed by atoms with E-state index in [-0.39, 0.29) is 0 Å². The summed E-state index contributed by atoms with van der Waals surface area (Å²) in [7, 11) is 0. The normalized spacial score (nSPS) is 11.1. The van der Waals surface area contributed by atoms with Gasteiger partial charge in [-0.1, -0.05) is 20.8 Å². The third-order valence-corrected chi connectivity index (χ3v) is 3.04. The molecule has 96 valence electrons. The number of anilines is 1. The highest BCUT2D eigenvalue weighted by Crippen LogP contribution is 2.23. The lowest BCUT2D eigenvalue weighted by Crippen LogP contribution is -2.09. The van der Waals surface area contributed by atoms with Crippen LogP contribution in [0.3, 0.4) is 0 Å². The first-order valence-electron chi connectivity index (χ1n) is 5.93. The summed E-state index contributed by atoms with van der Waals surface area (Å²) in [6.45, 7) is 7.52. The van der Waals surface area contributed by atoms with E-state index in [2.05, 4.69) is 46.7 Å². The van der Waals surface area contributed by atoms with Crippen LogP contribution in [0.2, 0.25) is 0 Å². The molecule has 0 amide bonds. The van der Waals surface area contributed by atoms with Crippen molar-refractivity contribution >= 4 is 21.7 Å². The number of hydrogen-bond donors (Lipinski definition) is 1. The number of nitrogens with zero attached hydrogens (tertiary/aromatic N) is 2. The number of aromatic nitrogens is 2. The maximum atomic E-state index is 5.85. The molecule has 0 aliphatic carbocycles. The van der Waals surface area contributed by atoms with Gasteiger partial charge in [0.25, 0.3) is 0 Å². The molecule has 0 unspecified atom stereocenters. The van der Waals surface area contributed by atoms with E-state index in [0.29, 0.717) is 24.2 Å². The molecular weight excluding hydrogens is 282 g/mol. The van der Waals surface area contributed by atoms with Crippen LogP contribution in [-0.2, 0) is 17.8 Å². The predicted molar refractivity (Wildman–Crippen MR) is 72.6 cm³/mol. The second kappa shape index (κ2) is 6.91. The number of ether oxygens (including phenoxy) is 1. The molecule has 0 saturated heterocycles. The quantitative estimate of drug-likeness (QED) is 0.821. The number of hydrogen-bond acceptors (Lipinski definition) is 4. The van der Waals surface area contributed by atoms with E-state index >= 15 is 0 Å². The fourth-order valence-corrected chi connectivity index (χ4v) is 1.80. The molecule has 0 saturated carbocycles. The van der Waals surface area contributed by atoms with Gasteiger partial charge < -0.3 is 10.5 Å². The Labute approximate surface area is 111 Å². The standard InChI is InChI=1S/C12H20BrN3O/c1-4-5-17-7-10-15-9(6-8(2)3)11(13)12(14)16-10/h8H,4-7H2,1-3H3,(H2,14,15,16). The molecule has 5 heteroatoms. The second-order valence-corrected chi connectivity index (χ2v) is 5.23. The Hall–Kier alpha value is -0.680. The van der Waals surface area contributed by atoms with Gasteiger partial charge in [-0.05, 0) is 34.7 Å². The lowest BCUT2D eigenvalue weighted by molar-refractivity contribution is 0.116. The van der Waals surface area contributed by atoms with E-state index in [4.69, 9.17) is 10.5 Å². The van der Waals surface area contributed by atoms with Crippen molar-refractivity contribution in [2.45, 2.75) is 40.2 Å². The molecule has 1 rings (SSSR count). The van der Waals surface area contributed by atoms with Gasteiger partial charge in [0.15, 0.2) is 5.82 Å². The first-order valence-corrected chi connectivity index (χ1v) is 6.72. The Bertz CT molecular complexity index is 369. The maximum absolute atomic E-state index is 5.85. The number of halogens is 1. The Morgan fingerprint density at radius 3 is 2.65 bits per heavy atom. The Kier molecular flexibility index (Phi) is 5.85. The molecule has 0 atom stereocenters. The molecule has 1 heterocycles. The van der Waals surface area contributed by atoms with E-state index in [1.807, 2.05) is 0 Å². The molecule has 0 aliphatic heterocycles. The summed E-state index contributed by atoms with van der Waals surface area (Å²) < 4.78 is 6.24. The lowest BCUT2D eigenvalue weighted by Gasteiger charge is -2.10. The van der Waals surface area contributed by atoms with Crippen molar-refractivity contribution < 1.29 is 4.74 Å². The van der Waals surface area contributed by atoms with Gasteiger partial charge in [0.2, 0.25) is 0 Å². The van der Waals surface area contributed by atoms with Crippen molar-refractivity contribution in [1.29, 1.82) is 0 Å². The summed E-state index contributed by atoms with van der Waals surface area (Å²) in [6.07, 6.45) is 1.87. The van der Waals surface area contributed by atoms with Crippen LogP contribution < -0.4 is 5.73 Å². The number of nitrogens with two attached hydrogens (primary N) is 1. The van der Waals surface area contributed by atoms with Crippen molar-refractivity contribution in [3.8, 4) is 0 Å². The second-order valence-electron chi connectivity index (χ2n) is 4.44. The summed E-state index contributed by atoms with van der Waals surface area (Å²) in [5, 5.41) is 0. The minimum absolute atomic E-state index is 0.427. The third kappa shape index (κ3) is 4.60. The zero-order chi connectivity index (χ0) is 12.8. The zero-order valence-electron chi connectivity index (χ0n) is 10.7. The minimum Gasteiger partial charge on any atom is -0.383 e. The van der Waals surface area contributed by atoms with E-state index < -0.39 is 0 Å². The van der Waals surface area contributed by atoms with Crippen LogP contribution in [0.4, 0.5) is 5.82 Å². The minimum atomic E-state index is 0.427. The molecule has 4 nitrogen and oxygen atoms in total. The molecule has 17 heavy (non-hydrogen) atoms. The molecular formula is C12H20BrN3O. The Morgan fingerprint density at radius 1 is 1.35 bits per heavy atom. The maximum Gasteiger partial charge on any atom is 0.156 e. The molecule has 0 spiro atoms. The van der Waals surface area contributed by atoms with Crippen molar-refractivity contribution in [3.63, 3.8) is 0 Å². The molecule has 0 radical (unpaired) electrons. The summed E-state index contributed by atoms with van der Waals surface area (Å²) >= 11 is 3.43. The fourth-order valence-electron chi connectivity index (χ4n) is 1.46. The molecule has 0 fully saturated rings. The van der Waals surface area contributed by atoms with E-state index in [9.17, 15) is 0 Å². The van der Waals surface area contributed by atoms with Crippen LogP contribution in [0.25, 0.3) is 0 Å². The van der Waals surface area contributed by atoms with Gasteiger partial charge in [-0.15, -0.1) is 0 Å². The lowest BCUT2D eigenvalue weighted by atomic mass is 10.1. The van der Waals surface area contributed by atoms with Gasteiger partial charge in [0.1, 0.15) is 12.4 Å². The fraction of sp³-hybridized carbons (Fsp3) is 0.667. The topological polar surface area (TPSA) is 61.0 Å². The molecule has 0 aromatic carbocycles. The molecule has 2 N–H and O–H groups in total. The predicted octanol–water partition coefficient (Wildman–Crippen LogP) is 2.95.